The number of aryl methyl sites for hydroxylation is 2. The molecule has 3 aromatic rings. The number of amides is 1. The molecular weight excluding hydrogens is 468 g/mol. The minimum absolute atomic E-state index is 0.0237. The van der Waals surface area contributed by atoms with Gasteiger partial charge in [0.25, 0.3) is 5.91 Å². The van der Waals surface area contributed by atoms with Gasteiger partial charge in [0.2, 0.25) is 0 Å². The standard InChI is InChI=1S/C26H23BrN2O3/c1-18-3-8-23(9-4-18)29-26(30)21(17-28)15-20-16-22(27)7-12-25(20)32-14-13-31-24-10-5-19(2)6-11-24/h3-12,15-16H,13-14H2,1-2H3,(H,29,30). The fourth-order valence-electron chi connectivity index (χ4n) is 2.85. The highest BCUT2D eigenvalue weighted by atomic mass is 79.9. The van der Waals surface area contributed by atoms with Crippen LogP contribution in [0.25, 0.3) is 6.08 Å². The van der Waals surface area contributed by atoms with Crippen LogP contribution in [0.15, 0.2) is 76.8 Å². The molecule has 3 rings (SSSR count). The van der Waals surface area contributed by atoms with Gasteiger partial charge in [-0.15, -0.1) is 0 Å². The first-order valence-electron chi connectivity index (χ1n) is 10.1. The first-order chi connectivity index (χ1) is 15.4. The Morgan fingerprint density at radius 2 is 1.59 bits per heavy atom. The van der Waals surface area contributed by atoms with Crippen LogP contribution in [-0.4, -0.2) is 19.1 Å². The van der Waals surface area contributed by atoms with Crippen molar-refractivity contribution in [3.8, 4) is 17.6 Å². The number of anilines is 1. The summed E-state index contributed by atoms with van der Waals surface area (Å²) in [6.07, 6.45) is 1.52. The fourth-order valence-corrected chi connectivity index (χ4v) is 3.23. The summed E-state index contributed by atoms with van der Waals surface area (Å²) in [7, 11) is 0. The molecule has 3 aromatic carbocycles. The predicted molar refractivity (Wildman–Crippen MR) is 130 cm³/mol. The van der Waals surface area contributed by atoms with Crippen molar-refractivity contribution >= 4 is 33.6 Å². The maximum atomic E-state index is 12.6. The summed E-state index contributed by atoms with van der Waals surface area (Å²) in [5.41, 5.74) is 3.47. The van der Waals surface area contributed by atoms with E-state index in [0.29, 0.717) is 30.2 Å². The summed E-state index contributed by atoms with van der Waals surface area (Å²) in [5, 5.41) is 12.3. The Bertz CT molecular complexity index is 1150. The average molecular weight is 491 g/mol. The Kier molecular flexibility index (Phi) is 8.07. The first kappa shape index (κ1) is 23.1. The van der Waals surface area contributed by atoms with Gasteiger partial charge in [-0.1, -0.05) is 51.3 Å². The van der Waals surface area contributed by atoms with Gasteiger partial charge in [0.1, 0.15) is 36.4 Å². The molecule has 0 aliphatic heterocycles. The number of benzene rings is 3. The van der Waals surface area contributed by atoms with E-state index in [1.54, 1.807) is 24.3 Å². The molecule has 6 heteroatoms. The van der Waals surface area contributed by atoms with Crippen LogP contribution < -0.4 is 14.8 Å². The molecule has 0 atom stereocenters. The maximum absolute atomic E-state index is 12.6. The molecule has 0 bridgehead atoms. The number of ether oxygens (including phenoxy) is 2. The number of nitriles is 1. The highest BCUT2D eigenvalue weighted by Gasteiger charge is 2.12. The van der Waals surface area contributed by atoms with Crippen LogP contribution in [0.4, 0.5) is 5.69 Å². The van der Waals surface area contributed by atoms with Crippen molar-refractivity contribution in [2.45, 2.75) is 13.8 Å². The molecular formula is C26H23BrN2O3. The number of carbonyl (C=O) groups is 1. The van der Waals surface area contributed by atoms with E-state index in [0.717, 1.165) is 15.8 Å². The molecule has 0 fully saturated rings. The van der Waals surface area contributed by atoms with Gasteiger partial charge in [-0.3, -0.25) is 4.79 Å². The molecule has 1 amide bonds. The summed E-state index contributed by atoms with van der Waals surface area (Å²) in [6.45, 7) is 4.66. The molecule has 0 aromatic heterocycles. The summed E-state index contributed by atoms with van der Waals surface area (Å²) in [6, 6.07) is 22.6. The van der Waals surface area contributed by atoms with Gasteiger partial charge in [0.15, 0.2) is 0 Å². The second-order valence-corrected chi connectivity index (χ2v) is 8.10. The van der Waals surface area contributed by atoms with Gasteiger partial charge in [-0.25, -0.2) is 0 Å². The number of rotatable bonds is 8. The third-order valence-electron chi connectivity index (χ3n) is 4.58. The van der Waals surface area contributed by atoms with E-state index in [2.05, 4.69) is 21.2 Å². The van der Waals surface area contributed by atoms with Crippen molar-refractivity contribution in [1.82, 2.24) is 0 Å². The maximum Gasteiger partial charge on any atom is 0.266 e. The number of hydrogen-bond donors (Lipinski definition) is 1. The van der Waals surface area contributed by atoms with Crippen LogP contribution >= 0.6 is 15.9 Å². The van der Waals surface area contributed by atoms with E-state index in [4.69, 9.17) is 9.47 Å². The first-order valence-corrected chi connectivity index (χ1v) is 10.9. The van der Waals surface area contributed by atoms with Gasteiger partial charge in [-0.2, -0.15) is 5.26 Å². The van der Waals surface area contributed by atoms with E-state index in [-0.39, 0.29) is 5.57 Å². The van der Waals surface area contributed by atoms with Gasteiger partial charge >= 0.3 is 0 Å². The normalized spacial score (nSPS) is 10.9. The molecule has 0 aliphatic rings. The van der Waals surface area contributed by atoms with Crippen molar-refractivity contribution in [1.29, 1.82) is 5.26 Å². The van der Waals surface area contributed by atoms with E-state index in [1.165, 1.54) is 11.6 Å². The summed E-state index contributed by atoms with van der Waals surface area (Å²) in [5.74, 6) is 0.844. The van der Waals surface area contributed by atoms with Crippen molar-refractivity contribution in [2.24, 2.45) is 0 Å². The topological polar surface area (TPSA) is 71.4 Å². The second-order valence-electron chi connectivity index (χ2n) is 7.18. The minimum Gasteiger partial charge on any atom is -0.490 e. The molecule has 0 unspecified atom stereocenters. The average Bonchev–Trinajstić information content (AvgIpc) is 2.78. The van der Waals surface area contributed by atoms with Crippen LogP contribution in [0.2, 0.25) is 0 Å². The third-order valence-corrected chi connectivity index (χ3v) is 5.07. The number of carbonyl (C=O) groups excluding carboxylic acids is 1. The second kappa shape index (κ2) is 11.2. The van der Waals surface area contributed by atoms with E-state index in [1.807, 2.05) is 62.4 Å². The van der Waals surface area contributed by atoms with E-state index < -0.39 is 5.91 Å². The van der Waals surface area contributed by atoms with E-state index in [9.17, 15) is 10.1 Å². The summed E-state index contributed by atoms with van der Waals surface area (Å²) in [4.78, 5) is 12.6. The number of nitrogens with zero attached hydrogens (tertiary/aromatic N) is 1. The molecule has 0 heterocycles. The highest BCUT2D eigenvalue weighted by molar-refractivity contribution is 9.10. The lowest BCUT2D eigenvalue weighted by Gasteiger charge is -2.12. The summed E-state index contributed by atoms with van der Waals surface area (Å²) < 4.78 is 12.4. The predicted octanol–water partition coefficient (Wildman–Crippen LogP) is 6.07. The number of nitrogens with one attached hydrogen (secondary N) is 1. The molecule has 0 radical (unpaired) electrons. The molecule has 1 N–H and O–H groups in total. The van der Waals surface area contributed by atoms with Gasteiger partial charge in [0.05, 0.1) is 0 Å². The molecule has 162 valence electrons. The molecule has 0 spiro atoms. The smallest absolute Gasteiger partial charge is 0.266 e. The Hall–Kier alpha value is -3.56. The quantitative estimate of drug-likeness (QED) is 0.236. The Morgan fingerprint density at radius 1 is 0.969 bits per heavy atom. The summed E-state index contributed by atoms with van der Waals surface area (Å²) >= 11 is 3.43. The molecule has 0 saturated carbocycles. The van der Waals surface area contributed by atoms with Crippen LogP contribution in [0.5, 0.6) is 11.5 Å². The van der Waals surface area contributed by atoms with Crippen molar-refractivity contribution in [3.63, 3.8) is 0 Å². The van der Waals surface area contributed by atoms with Gasteiger partial charge in [-0.05, 0) is 62.4 Å². The Labute approximate surface area is 196 Å². The van der Waals surface area contributed by atoms with Gasteiger partial charge in [0, 0.05) is 15.7 Å². The highest BCUT2D eigenvalue weighted by Crippen LogP contribution is 2.26. The molecule has 32 heavy (non-hydrogen) atoms. The van der Waals surface area contributed by atoms with E-state index >= 15 is 0 Å². The molecule has 0 saturated heterocycles. The lowest BCUT2D eigenvalue weighted by Crippen LogP contribution is -2.13. The zero-order chi connectivity index (χ0) is 22.9. The van der Waals surface area contributed by atoms with Crippen molar-refractivity contribution < 1.29 is 14.3 Å². The number of halogens is 1. The Balaban J connectivity index is 1.68. The van der Waals surface area contributed by atoms with Crippen LogP contribution in [-0.2, 0) is 4.79 Å². The van der Waals surface area contributed by atoms with Crippen LogP contribution in [0.3, 0.4) is 0 Å². The van der Waals surface area contributed by atoms with Crippen LogP contribution in [0, 0.1) is 25.2 Å². The third kappa shape index (κ3) is 6.73. The van der Waals surface area contributed by atoms with Crippen molar-refractivity contribution in [2.75, 3.05) is 18.5 Å². The lowest BCUT2D eigenvalue weighted by molar-refractivity contribution is -0.112. The van der Waals surface area contributed by atoms with Gasteiger partial charge < -0.3 is 14.8 Å². The number of hydrogen-bond acceptors (Lipinski definition) is 4. The zero-order valence-corrected chi connectivity index (χ0v) is 19.5. The zero-order valence-electron chi connectivity index (χ0n) is 17.9. The fraction of sp³-hybridized carbons (Fsp3) is 0.154. The monoisotopic (exact) mass is 490 g/mol. The van der Waals surface area contributed by atoms with Crippen molar-refractivity contribution in [3.05, 3.63) is 93.5 Å². The lowest BCUT2D eigenvalue weighted by atomic mass is 10.1. The van der Waals surface area contributed by atoms with Crippen LogP contribution in [0.1, 0.15) is 16.7 Å². The minimum atomic E-state index is -0.481. The largest absolute Gasteiger partial charge is 0.490 e. The SMILES string of the molecule is Cc1ccc(NC(=O)C(C#N)=Cc2cc(Br)ccc2OCCOc2ccc(C)cc2)cc1. The molecule has 0 aliphatic carbocycles. The Morgan fingerprint density at radius 3 is 2.25 bits per heavy atom. The molecule has 5 nitrogen and oxygen atoms in total.